The van der Waals surface area contributed by atoms with Crippen LogP contribution in [0.15, 0.2) is 51.9 Å². The molecule has 0 aliphatic carbocycles. The molecule has 3 aromatic rings. The molecule has 3 rings (SSSR count). The van der Waals surface area contributed by atoms with E-state index in [1.807, 2.05) is 0 Å². The van der Waals surface area contributed by atoms with E-state index in [4.69, 9.17) is 37.3 Å². The van der Waals surface area contributed by atoms with Crippen LogP contribution in [0.3, 0.4) is 0 Å². The van der Waals surface area contributed by atoms with Gasteiger partial charge in [0.2, 0.25) is 5.82 Å². The highest BCUT2D eigenvalue weighted by atomic mass is 35.5. The van der Waals surface area contributed by atoms with E-state index in [9.17, 15) is 13.2 Å². The van der Waals surface area contributed by atoms with Crippen LogP contribution < -0.4 is 0 Å². The Morgan fingerprint density at radius 3 is 2.53 bits per heavy atom. The molecule has 0 atom stereocenters. The first-order valence-electron chi connectivity index (χ1n) is 8.30. The fourth-order valence-corrected chi connectivity index (χ4v) is 3.90. The Morgan fingerprint density at radius 1 is 1.17 bits per heavy atom. The van der Waals surface area contributed by atoms with E-state index >= 15 is 0 Å². The molecular formula is C18H15Cl2N3O6S. The molecule has 12 heteroatoms. The highest BCUT2D eigenvalue weighted by molar-refractivity contribution is 7.89. The zero-order valence-electron chi connectivity index (χ0n) is 15.7. The number of hydrogen-bond acceptors (Lipinski definition) is 8. The summed E-state index contributed by atoms with van der Waals surface area (Å²) in [6.45, 7) is -0.303. The van der Waals surface area contributed by atoms with Crippen LogP contribution in [0.1, 0.15) is 16.2 Å². The Hall–Kier alpha value is -2.50. The summed E-state index contributed by atoms with van der Waals surface area (Å²) in [6.07, 6.45) is 0. The number of halogens is 2. The third-order valence-corrected chi connectivity index (χ3v) is 6.35. The average molecular weight is 472 g/mol. The van der Waals surface area contributed by atoms with E-state index in [1.165, 1.54) is 26.3 Å². The molecule has 158 valence electrons. The number of hydroxylamine groups is 1. The van der Waals surface area contributed by atoms with Crippen LogP contribution in [0, 0.1) is 0 Å². The molecule has 0 saturated carbocycles. The Kier molecular flexibility index (Phi) is 6.74. The second-order valence-electron chi connectivity index (χ2n) is 5.84. The van der Waals surface area contributed by atoms with Crippen molar-refractivity contribution in [2.45, 2.75) is 11.5 Å². The maximum absolute atomic E-state index is 12.4. The van der Waals surface area contributed by atoms with Crippen LogP contribution in [0.2, 0.25) is 10.0 Å². The normalized spacial score (nSPS) is 11.6. The summed E-state index contributed by atoms with van der Waals surface area (Å²) in [4.78, 5) is 20.9. The smallest absolute Gasteiger partial charge is 0.338 e. The maximum atomic E-state index is 12.4. The Labute approximate surface area is 182 Å². The Bertz CT molecular complexity index is 1160. The van der Waals surface area contributed by atoms with Gasteiger partial charge in [0.15, 0.2) is 6.61 Å². The predicted molar refractivity (Wildman–Crippen MR) is 107 cm³/mol. The number of rotatable bonds is 7. The first-order chi connectivity index (χ1) is 14.2. The van der Waals surface area contributed by atoms with Gasteiger partial charge in [0.25, 0.3) is 15.9 Å². The van der Waals surface area contributed by atoms with Gasteiger partial charge in [-0.05, 0) is 42.5 Å². The highest BCUT2D eigenvalue weighted by Gasteiger charge is 2.25. The number of nitrogens with zero attached hydrogens (tertiary/aromatic N) is 3. The molecule has 0 fully saturated rings. The van der Waals surface area contributed by atoms with Gasteiger partial charge in [-0.2, -0.15) is 4.98 Å². The molecule has 1 aromatic heterocycles. The number of aromatic nitrogens is 2. The summed E-state index contributed by atoms with van der Waals surface area (Å²) < 4.78 is 35.7. The number of carbonyl (C=O) groups excluding carboxylic acids is 1. The largest absolute Gasteiger partial charge is 0.452 e. The minimum absolute atomic E-state index is 0.0279. The van der Waals surface area contributed by atoms with Crippen LogP contribution in [0.25, 0.3) is 11.4 Å². The van der Waals surface area contributed by atoms with E-state index in [2.05, 4.69) is 10.1 Å². The molecule has 0 aliphatic rings. The maximum Gasteiger partial charge on any atom is 0.338 e. The molecule has 0 aliphatic heterocycles. The van der Waals surface area contributed by atoms with Crippen molar-refractivity contribution in [3.8, 4) is 11.4 Å². The van der Waals surface area contributed by atoms with Crippen molar-refractivity contribution >= 4 is 39.2 Å². The molecule has 0 N–H and O–H groups in total. The van der Waals surface area contributed by atoms with Gasteiger partial charge in [0, 0.05) is 17.6 Å². The highest BCUT2D eigenvalue weighted by Crippen LogP contribution is 2.26. The molecule has 9 nitrogen and oxygen atoms in total. The summed E-state index contributed by atoms with van der Waals surface area (Å²) >= 11 is 11.8. The SMILES string of the molecule is CON(C)S(=O)(=O)c1cc(C(=O)OCc2nc(-c3ccc(Cl)cc3)no2)ccc1Cl. The first-order valence-corrected chi connectivity index (χ1v) is 10.5. The zero-order valence-corrected chi connectivity index (χ0v) is 18.0. The van der Waals surface area contributed by atoms with E-state index in [0.29, 0.717) is 20.9 Å². The van der Waals surface area contributed by atoms with Crippen LogP contribution in [0.4, 0.5) is 0 Å². The van der Waals surface area contributed by atoms with Crippen LogP contribution in [0.5, 0.6) is 0 Å². The lowest BCUT2D eigenvalue weighted by Crippen LogP contribution is -2.26. The van der Waals surface area contributed by atoms with E-state index < -0.39 is 16.0 Å². The molecule has 0 unspecified atom stereocenters. The standard InChI is InChI=1S/C18H15Cl2N3O6S/c1-23(27-2)30(25,26)15-9-12(5-8-14(15)20)18(24)28-10-16-21-17(22-29-16)11-3-6-13(19)7-4-11/h3-9H,10H2,1-2H3. The van der Waals surface area contributed by atoms with Crippen molar-refractivity contribution in [2.24, 2.45) is 0 Å². The minimum Gasteiger partial charge on any atom is -0.452 e. The summed E-state index contributed by atoms with van der Waals surface area (Å²) in [5, 5.41) is 4.31. The van der Waals surface area contributed by atoms with Gasteiger partial charge >= 0.3 is 5.97 Å². The van der Waals surface area contributed by atoms with Gasteiger partial charge in [0.1, 0.15) is 4.90 Å². The predicted octanol–water partition coefficient (Wildman–Crippen LogP) is 3.58. The average Bonchev–Trinajstić information content (AvgIpc) is 3.21. The molecule has 30 heavy (non-hydrogen) atoms. The van der Waals surface area contributed by atoms with Crippen molar-refractivity contribution in [3.63, 3.8) is 0 Å². The lowest BCUT2D eigenvalue weighted by Gasteiger charge is -2.15. The first kappa shape index (κ1) is 22.2. The quantitative estimate of drug-likeness (QED) is 0.379. The number of hydrogen-bond donors (Lipinski definition) is 0. The number of esters is 1. The molecule has 0 amide bonds. The Morgan fingerprint density at radius 2 is 1.87 bits per heavy atom. The molecule has 0 bridgehead atoms. The lowest BCUT2D eigenvalue weighted by molar-refractivity contribution is -0.0258. The molecule has 0 spiro atoms. The van der Waals surface area contributed by atoms with Gasteiger partial charge in [-0.1, -0.05) is 32.8 Å². The van der Waals surface area contributed by atoms with Gasteiger partial charge in [-0.15, -0.1) is 0 Å². The minimum atomic E-state index is -4.05. The summed E-state index contributed by atoms with van der Waals surface area (Å²) in [7, 11) is -1.67. The van der Waals surface area contributed by atoms with Gasteiger partial charge in [-0.3, -0.25) is 4.84 Å². The van der Waals surface area contributed by atoms with Crippen molar-refractivity contribution in [3.05, 3.63) is 64.0 Å². The summed E-state index contributed by atoms with van der Waals surface area (Å²) in [6, 6.07) is 10.5. The van der Waals surface area contributed by atoms with Crippen LogP contribution in [-0.4, -0.2) is 43.2 Å². The van der Waals surface area contributed by atoms with Crippen molar-refractivity contribution < 1.29 is 27.3 Å². The number of benzene rings is 2. The van der Waals surface area contributed by atoms with Gasteiger partial charge in [-0.25, -0.2) is 13.2 Å². The van der Waals surface area contributed by atoms with Crippen LogP contribution in [-0.2, 0) is 26.2 Å². The van der Waals surface area contributed by atoms with Crippen molar-refractivity contribution in [1.29, 1.82) is 0 Å². The third kappa shape index (κ3) is 4.79. The van der Waals surface area contributed by atoms with E-state index in [1.54, 1.807) is 24.3 Å². The number of carbonyl (C=O) groups is 1. The third-order valence-electron chi connectivity index (χ3n) is 3.94. The summed E-state index contributed by atoms with van der Waals surface area (Å²) in [5.41, 5.74) is 0.649. The molecule has 0 radical (unpaired) electrons. The molecule has 0 saturated heterocycles. The summed E-state index contributed by atoms with van der Waals surface area (Å²) in [5.74, 6) is -0.427. The zero-order chi connectivity index (χ0) is 21.9. The second kappa shape index (κ2) is 9.11. The monoisotopic (exact) mass is 471 g/mol. The van der Waals surface area contributed by atoms with Gasteiger partial charge < -0.3 is 9.26 Å². The van der Waals surface area contributed by atoms with Crippen molar-refractivity contribution in [2.75, 3.05) is 14.2 Å². The second-order valence-corrected chi connectivity index (χ2v) is 8.59. The molecular weight excluding hydrogens is 457 g/mol. The topological polar surface area (TPSA) is 112 Å². The van der Waals surface area contributed by atoms with Crippen molar-refractivity contribution in [1.82, 2.24) is 14.6 Å². The van der Waals surface area contributed by atoms with Crippen LogP contribution >= 0.6 is 23.2 Å². The van der Waals surface area contributed by atoms with Gasteiger partial charge in [0.05, 0.1) is 17.7 Å². The Balaban J connectivity index is 1.73. The number of sulfonamides is 1. The fraction of sp³-hybridized carbons (Fsp3) is 0.167. The number of ether oxygens (including phenoxy) is 1. The lowest BCUT2D eigenvalue weighted by atomic mass is 10.2. The molecule has 2 aromatic carbocycles. The fourth-order valence-electron chi connectivity index (χ4n) is 2.30. The molecule has 1 heterocycles. The van der Waals surface area contributed by atoms with E-state index in [0.717, 1.165) is 6.07 Å². The van der Waals surface area contributed by atoms with E-state index in [-0.39, 0.29) is 28.0 Å².